The molecule has 5 rings (SSSR count). The molecule has 0 aliphatic heterocycles. The molecule has 0 aliphatic rings. The minimum atomic E-state index is -0.216. The van der Waals surface area contributed by atoms with Gasteiger partial charge in [0.05, 0.1) is 5.69 Å². The second-order valence-electron chi connectivity index (χ2n) is 7.97. The maximum atomic E-state index is 12.9. The molecule has 0 fully saturated rings. The number of rotatable bonds is 7. The Bertz CT molecular complexity index is 1430. The summed E-state index contributed by atoms with van der Waals surface area (Å²) in [4.78, 5) is 14.5. The number of anilines is 1. The highest BCUT2D eigenvalue weighted by molar-refractivity contribution is 6.05. The summed E-state index contributed by atoms with van der Waals surface area (Å²) >= 11 is 0. The van der Waals surface area contributed by atoms with Gasteiger partial charge in [0.25, 0.3) is 5.91 Å². The Balaban J connectivity index is 1.29. The minimum Gasteiger partial charge on any atom is -0.489 e. The Morgan fingerprint density at radius 1 is 0.824 bits per heavy atom. The van der Waals surface area contributed by atoms with Gasteiger partial charge in [-0.2, -0.15) is 4.80 Å². The molecule has 0 unspecified atom stereocenters. The molecule has 4 aromatic carbocycles. The molecule has 1 amide bonds. The van der Waals surface area contributed by atoms with Gasteiger partial charge in [0.1, 0.15) is 23.4 Å². The van der Waals surface area contributed by atoms with Crippen molar-refractivity contribution in [3.63, 3.8) is 0 Å². The third-order valence-corrected chi connectivity index (χ3v) is 5.56. The minimum absolute atomic E-state index is 0.216. The van der Waals surface area contributed by atoms with Crippen molar-refractivity contribution in [2.75, 3.05) is 5.32 Å². The third kappa shape index (κ3) is 4.81. The number of fused-ring (bicyclic) bond motifs is 1. The van der Waals surface area contributed by atoms with Gasteiger partial charge >= 0.3 is 0 Å². The van der Waals surface area contributed by atoms with Crippen molar-refractivity contribution in [1.82, 2.24) is 15.0 Å². The van der Waals surface area contributed by atoms with Crippen LogP contribution in [0.15, 0.2) is 97.1 Å². The molecule has 0 bridgehead atoms. The lowest BCUT2D eigenvalue weighted by Crippen LogP contribution is -2.12. The first-order chi connectivity index (χ1) is 16.7. The molecule has 34 heavy (non-hydrogen) atoms. The number of aromatic nitrogens is 3. The molecule has 1 heterocycles. The normalized spacial score (nSPS) is 10.9. The topological polar surface area (TPSA) is 69.0 Å². The van der Waals surface area contributed by atoms with Gasteiger partial charge < -0.3 is 10.1 Å². The monoisotopic (exact) mass is 448 g/mol. The molecule has 6 heteroatoms. The number of hydrogen-bond acceptors (Lipinski definition) is 4. The Hall–Kier alpha value is -4.45. The van der Waals surface area contributed by atoms with Gasteiger partial charge in [-0.15, -0.1) is 10.2 Å². The fourth-order valence-electron chi connectivity index (χ4n) is 3.64. The predicted molar refractivity (Wildman–Crippen MR) is 133 cm³/mol. The summed E-state index contributed by atoms with van der Waals surface area (Å²) in [5.74, 6) is 0.427. The van der Waals surface area contributed by atoms with E-state index in [9.17, 15) is 4.79 Å². The molecular weight excluding hydrogens is 424 g/mol. The van der Waals surface area contributed by atoms with Crippen LogP contribution in [0.3, 0.4) is 0 Å². The zero-order valence-electron chi connectivity index (χ0n) is 18.8. The standard InChI is InChI=1S/C28H24N4O2/c1-2-20-11-14-24(15-12-20)32-30-26-16-13-23(18-27(26)31-32)29-28(33)22-9-6-10-25(17-22)34-19-21-7-4-3-5-8-21/h3-18H,2,19H2,1H3,(H,29,33). The smallest absolute Gasteiger partial charge is 0.255 e. The summed E-state index contributed by atoms with van der Waals surface area (Å²) in [5, 5.41) is 12.1. The number of amides is 1. The molecule has 168 valence electrons. The van der Waals surface area contributed by atoms with Crippen LogP contribution in [0.2, 0.25) is 0 Å². The number of carbonyl (C=O) groups excluding carboxylic acids is 1. The van der Waals surface area contributed by atoms with Crippen LogP contribution in [0.5, 0.6) is 5.75 Å². The molecule has 0 aliphatic carbocycles. The van der Waals surface area contributed by atoms with E-state index < -0.39 is 0 Å². The highest BCUT2D eigenvalue weighted by atomic mass is 16.5. The molecule has 0 atom stereocenters. The van der Waals surface area contributed by atoms with Gasteiger partial charge in [0.2, 0.25) is 0 Å². The molecular formula is C28H24N4O2. The lowest BCUT2D eigenvalue weighted by molar-refractivity contribution is 0.102. The summed E-state index contributed by atoms with van der Waals surface area (Å²) < 4.78 is 5.85. The average Bonchev–Trinajstić information content (AvgIpc) is 3.32. The number of carbonyl (C=O) groups is 1. The van der Waals surface area contributed by atoms with Crippen LogP contribution < -0.4 is 10.1 Å². The molecule has 6 nitrogen and oxygen atoms in total. The molecule has 1 N–H and O–H groups in total. The number of hydrogen-bond donors (Lipinski definition) is 1. The van der Waals surface area contributed by atoms with E-state index in [0.29, 0.717) is 29.1 Å². The number of ether oxygens (including phenoxy) is 1. The highest BCUT2D eigenvalue weighted by Crippen LogP contribution is 2.20. The molecule has 0 radical (unpaired) electrons. The van der Waals surface area contributed by atoms with E-state index >= 15 is 0 Å². The van der Waals surface area contributed by atoms with E-state index in [1.54, 1.807) is 16.9 Å². The Morgan fingerprint density at radius 2 is 1.62 bits per heavy atom. The van der Waals surface area contributed by atoms with Crippen LogP contribution in [-0.4, -0.2) is 20.9 Å². The first-order valence-electron chi connectivity index (χ1n) is 11.2. The van der Waals surface area contributed by atoms with Crippen molar-refractivity contribution >= 4 is 22.6 Å². The molecule has 0 saturated heterocycles. The van der Waals surface area contributed by atoms with Crippen molar-refractivity contribution in [3.05, 3.63) is 114 Å². The molecule has 0 spiro atoms. The largest absolute Gasteiger partial charge is 0.489 e. The lowest BCUT2D eigenvalue weighted by Gasteiger charge is -2.09. The van der Waals surface area contributed by atoms with E-state index in [1.807, 2.05) is 72.8 Å². The second kappa shape index (κ2) is 9.58. The fraction of sp³-hybridized carbons (Fsp3) is 0.107. The van der Waals surface area contributed by atoms with Crippen LogP contribution in [0.25, 0.3) is 16.7 Å². The third-order valence-electron chi connectivity index (χ3n) is 5.56. The van der Waals surface area contributed by atoms with Crippen LogP contribution >= 0.6 is 0 Å². The van der Waals surface area contributed by atoms with Crippen molar-refractivity contribution < 1.29 is 9.53 Å². The highest BCUT2D eigenvalue weighted by Gasteiger charge is 2.10. The van der Waals surface area contributed by atoms with Crippen LogP contribution in [0.1, 0.15) is 28.4 Å². The second-order valence-corrected chi connectivity index (χ2v) is 7.97. The van der Waals surface area contributed by atoms with Gasteiger partial charge in [-0.1, -0.05) is 55.5 Å². The first-order valence-corrected chi connectivity index (χ1v) is 11.2. The Labute approximate surface area is 197 Å². The summed E-state index contributed by atoms with van der Waals surface area (Å²) in [6.45, 7) is 2.57. The lowest BCUT2D eigenvalue weighted by atomic mass is 10.2. The Kier molecular flexibility index (Phi) is 6.03. The summed E-state index contributed by atoms with van der Waals surface area (Å²) in [5.41, 5.74) is 5.87. The molecule has 0 saturated carbocycles. The van der Waals surface area contributed by atoms with Crippen molar-refractivity contribution in [2.45, 2.75) is 20.0 Å². The zero-order valence-corrected chi connectivity index (χ0v) is 18.8. The number of nitrogens with one attached hydrogen (secondary N) is 1. The SMILES string of the molecule is CCc1ccc(-n2nc3ccc(NC(=O)c4cccc(OCc5ccccc5)c4)cc3n2)cc1. The van der Waals surface area contributed by atoms with Crippen LogP contribution in [0, 0.1) is 0 Å². The van der Waals surface area contributed by atoms with Gasteiger partial charge in [-0.3, -0.25) is 4.79 Å². The van der Waals surface area contributed by atoms with Crippen LogP contribution in [0.4, 0.5) is 5.69 Å². The van der Waals surface area contributed by atoms with Crippen molar-refractivity contribution in [1.29, 1.82) is 0 Å². The van der Waals surface area contributed by atoms with Gasteiger partial charge in [0, 0.05) is 11.3 Å². The van der Waals surface area contributed by atoms with Gasteiger partial charge in [-0.25, -0.2) is 0 Å². The van der Waals surface area contributed by atoms with E-state index in [2.05, 4.69) is 34.6 Å². The van der Waals surface area contributed by atoms with E-state index in [4.69, 9.17) is 4.74 Å². The Morgan fingerprint density at radius 3 is 2.41 bits per heavy atom. The molecule has 5 aromatic rings. The van der Waals surface area contributed by atoms with Crippen LogP contribution in [-0.2, 0) is 13.0 Å². The van der Waals surface area contributed by atoms with E-state index in [1.165, 1.54) is 5.56 Å². The number of nitrogens with zero attached hydrogens (tertiary/aromatic N) is 3. The average molecular weight is 449 g/mol. The first kappa shape index (κ1) is 21.4. The zero-order chi connectivity index (χ0) is 23.3. The number of aryl methyl sites for hydroxylation is 1. The van der Waals surface area contributed by atoms with E-state index in [0.717, 1.165) is 23.2 Å². The summed E-state index contributed by atoms with van der Waals surface area (Å²) in [6, 6.07) is 30.8. The number of benzene rings is 4. The van der Waals surface area contributed by atoms with Gasteiger partial charge in [0.15, 0.2) is 0 Å². The maximum Gasteiger partial charge on any atom is 0.255 e. The summed E-state index contributed by atoms with van der Waals surface area (Å²) in [7, 11) is 0. The fourth-order valence-corrected chi connectivity index (χ4v) is 3.64. The van der Waals surface area contributed by atoms with E-state index in [-0.39, 0.29) is 5.91 Å². The summed E-state index contributed by atoms with van der Waals surface area (Å²) in [6.07, 6.45) is 0.986. The molecule has 1 aromatic heterocycles. The van der Waals surface area contributed by atoms with Crippen molar-refractivity contribution in [3.8, 4) is 11.4 Å². The quantitative estimate of drug-likeness (QED) is 0.341. The predicted octanol–water partition coefficient (Wildman–Crippen LogP) is 5.81. The van der Waals surface area contributed by atoms with Crippen molar-refractivity contribution in [2.24, 2.45) is 0 Å². The van der Waals surface area contributed by atoms with Gasteiger partial charge in [-0.05, 0) is 66.1 Å². The maximum absolute atomic E-state index is 12.9.